The highest BCUT2D eigenvalue weighted by Gasteiger charge is 2.10. The van der Waals surface area contributed by atoms with E-state index in [1.165, 1.54) is 0 Å². The molecule has 0 rings (SSSR count). The van der Waals surface area contributed by atoms with E-state index in [0.29, 0.717) is 6.04 Å². The van der Waals surface area contributed by atoms with E-state index in [1.54, 1.807) is 0 Å². The fraction of sp³-hybridized carbons (Fsp3) is 0.875. The van der Waals surface area contributed by atoms with E-state index >= 15 is 0 Å². The number of nitrogens with one attached hydrogen (secondary N) is 1. The molecule has 0 aliphatic heterocycles. The number of nitrogens with zero attached hydrogens (tertiary/aromatic N) is 1. The van der Waals surface area contributed by atoms with Crippen molar-refractivity contribution in [3.63, 3.8) is 0 Å². The molecule has 0 bridgehead atoms. The van der Waals surface area contributed by atoms with Crippen molar-refractivity contribution >= 4 is 5.84 Å². The third kappa shape index (κ3) is 3.98. The molecule has 1 unspecified atom stereocenters. The molecule has 0 heterocycles. The van der Waals surface area contributed by atoms with E-state index in [4.69, 9.17) is 11.1 Å². The number of rotatable bonds is 4. The molecular weight excluding hydrogens is 138 g/mol. The molecular formula is C8H19N3. The third-order valence-corrected chi connectivity index (χ3v) is 1.97. The standard InChI is InChI=1S/C8H19N3/c1-6(2)11(4)5-7(3)8(9)10/h6-7H,5H2,1-4H3,(H3,9,10). The predicted octanol–water partition coefficient (Wildman–Crippen LogP) is 0.899. The molecule has 1 atom stereocenters. The largest absolute Gasteiger partial charge is 0.387 e. The topological polar surface area (TPSA) is 53.1 Å². The Labute approximate surface area is 69.1 Å². The number of amidine groups is 1. The monoisotopic (exact) mass is 157 g/mol. The van der Waals surface area contributed by atoms with E-state index < -0.39 is 0 Å². The molecule has 3 heteroatoms. The molecule has 0 saturated heterocycles. The smallest absolute Gasteiger partial charge is 0.0947 e. The number of hydrogen-bond donors (Lipinski definition) is 2. The van der Waals surface area contributed by atoms with E-state index in [0.717, 1.165) is 6.54 Å². The van der Waals surface area contributed by atoms with E-state index in [1.807, 2.05) is 14.0 Å². The summed E-state index contributed by atoms with van der Waals surface area (Å²) in [5, 5.41) is 7.19. The first-order valence-electron chi connectivity index (χ1n) is 3.99. The minimum absolute atomic E-state index is 0.169. The lowest BCUT2D eigenvalue weighted by Gasteiger charge is -2.23. The summed E-state index contributed by atoms with van der Waals surface area (Å²) < 4.78 is 0. The van der Waals surface area contributed by atoms with Gasteiger partial charge in [-0.2, -0.15) is 0 Å². The van der Waals surface area contributed by atoms with Gasteiger partial charge in [0.15, 0.2) is 0 Å². The molecule has 0 aliphatic rings. The average Bonchev–Trinajstić information content (AvgIpc) is 1.87. The van der Waals surface area contributed by atoms with Gasteiger partial charge in [0.05, 0.1) is 5.84 Å². The van der Waals surface area contributed by atoms with Crippen LogP contribution in [0.5, 0.6) is 0 Å². The third-order valence-electron chi connectivity index (χ3n) is 1.97. The molecule has 0 amide bonds. The van der Waals surface area contributed by atoms with Crippen LogP contribution < -0.4 is 5.73 Å². The van der Waals surface area contributed by atoms with Gasteiger partial charge in [0.25, 0.3) is 0 Å². The highest BCUT2D eigenvalue weighted by Crippen LogP contribution is 2.00. The maximum absolute atomic E-state index is 7.19. The van der Waals surface area contributed by atoms with Gasteiger partial charge >= 0.3 is 0 Å². The van der Waals surface area contributed by atoms with Crippen molar-refractivity contribution in [2.75, 3.05) is 13.6 Å². The van der Waals surface area contributed by atoms with Crippen LogP contribution in [0, 0.1) is 11.3 Å². The Hall–Kier alpha value is -0.570. The second-order valence-corrected chi connectivity index (χ2v) is 3.39. The Balaban J connectivity index is 3.75. The second-order valence-electron chi connectivity index (χ2n) is 3.39. The molecule has 3 nitrogen and oxygen atoms in total. The van der Waals surface area contributed by atoms with Crippen molar-refractivity contribution in [1.29, 1.82) is 5.41 Å². The molecule has 0 aromatic heterocycles. The Kier molecular flexibility index (Phi) is 4.11. The van der Waals surface area contributed by atoms with Crippen molar-refractivity contribution in [3.05, 3.63) is 0 Å². The summed E-state index contributed by atoms with van der Waals surface area (Å²) in [6.45, 7) is 7.11. The van der Waals surface area contributed by atoms with Crippen LogP contribution in [0.15, 0.2) is 0 Å². The SMILES string of the molecule is CC(CN(C)C(C)C)C(=N)N. The van der Waals surface area contributed by atoms with Gasteiger partial charge in [-0.05, 0) is 20.9 Å². The van der Waals surface area contributed by atoms with Crippen molar-refractivity contribution in [1.82, 2.24) is 4.90 Å². The van der Waals surface area contributed by atoms with Crippen LogP contribution in [-0.4, -0.2) is 30.4 Å². The van der Waals surface area contributed by atoms with Crippen LogP contribution in [0.3, 0.4) is 0 Å². The summed E-state index contributed by atoms with van der Waals surface area (Å²) in [6, 6.07) is 0.525. The van der Waals surface area contributed by atoms with Gasteiger partial charge in [0.1, 0.15) is 0 Å². The molecule has 0 spiro atoms. The van der Waals surface area contributed by atoms with Gasteiger partial charge in [-0.1, -0.05) is 6.92 Å². The summed E-state index contributed by atoms with van der Waals surface area (Å²) in [5.74, 6) is 0.444. The maximum atomic E-state index is 7.19. The molecule has 0 radical (unpaired) electrons. The molecule has 0 saturated carbocycles. The Morgan fingerprint density at radius 2 is 1.91 bits per heavy atom. The zero-order valence-corrected chi connectivity index (χ0v) is 7.89. The van der Waals surface area contributed by atoms with Gasteiger partial charge in [0.2, 0.25) is 0 Å². The van der Waals surface area contributed by atoms with Crippen molar-refractivity contribution in [3.8, 4) is 0 Å². The average molecular weight is 157 g/mol. The lowest BCUT2D eigenvalue weighted by molar-refractivity contribution is 0.258. The van der Waals surface area contributed by atoms with Crippen LogP contribution in [0.4, 0.5) is 0 Å². The van der Waals surface area contributed by atoms with E-state index in [9.17, 15) is 0 Å². The van der Waals surface area contributed by atoms with Crippen LogP contribution >= 0.6 is 0 Å². The van der Waals surface area contributed by atoms with Gasteiger partial charge in [0, 0.05) is 18.5 Å². The zero-order chi connectivity index (χ0) is 9.02. The Morgan fingerprint density at radius 3 is 2.18 bits per heavy atom. The second kappa shape index (κ2) is 4.34. The molecule has 0 aliphatic carbocycles. The molecule has 3 N–H and O–H groups in total. The summed E-state index contributed by atoms with van der Waals surface area (Å²) in [7, 11) is 2.05. The maximum Gasteiger partial charge on any atom is 0.0947 e. The Bertz CT molecular complexity index is 131. The molecule has 0 fully saturated rings. The molecule has 11 heavy (non-hydrogen) atoms. The highest BCUT2D eigenvalue weighted by molar-refractivity contribution is 5.79. The fourth-order valence-corrected chi connectivity index (χ4v) is 0.741. The lowest BCUT2D eigenvalue weighted by atomic mass is 10.1. The van der Waals surface area contributed by atoms with Crippen LogP contribution in [0.1, 0.15) is 20.8 Å². The lowest BCUT2D eigenvalue weighted by Crippen LogP contribution is -2.35. The minimum atomic E-state index is 0.169. The molecule has 0 aromatic rings. The van der Waals surface area contributed by atoms with Gasteiger partial charge in [-0.25, -0.2) is 0 Å². The first-order chi connectivity index (χ1) is 4.95. The van der Waals surface area contributed by atoms with Gasteiger partial charge in [-0.3, -0.25) is 5.41 Å². The van der Waals surface area contributed by atoms with Gasteiger partial charge < -0.3 is 10.6 Å². The summed E-state index contributed by atoms with van der Waals surface area (Å²) in [4.78, 5) is 2.19. The molecule has 66 valence electrons. The van der Waals surface area contributed by atoms with E-state index in [2.05, 4.69) is 18.7 Å². The predicted molar refractivity (Wildman–Crippen MR) is 48.8 cm³/mol. The van der Waals surface area contributed by atoms with Crippen LogP contribution in [-0.2, 0) is 0 Å². The minimum Gasteiger partial charge on any atom is -0.387 e. The van der Waals surface area contributed by atoms with Crippen molar-refractivity contribution in [2.45, 2.75) is 26.8 Å². The zero-order valence-electron chi connectivity index (χ0n) is 7.89. The summed E-state index contributed by atoms with van der Waals surface area (Å²) in [6.07, 6.45) is 0. The van der Waals surface area contributed by atoms with Gasteiger partial charge in [-0.15, -0.1) is 0 Å². The first kappa shape index (κ1) is 10.4. The molecule has 0 aromatic carbocycles. The number of hydrogen-bond acceptors (Lipinski definition) is 2. The van der Waals surface area contributed by atoms with Crippen LogP contribution in [0.25, 0.3) is 0 Å². The number of nitrogens with two attached hydrogens (primary N) is 1. The summed E-state index contributed by atoms with van der Waals surface area (Å²) >= 11 is 0. The Morgan fingerprint density at radius 1 is 1.45 bits per heavy atom. The fourth-order valence-electron chi connectivity index (χ4n) is 0.741. The highest BCUT2D eigenvalue weighted by atomic mass is 15.1. The van der Waals surface area contributed by atoms with Crippen molar-refractivity contribution < 1.29 is 0 Å². The van der Waals surface area contributed by atoms with E-state index in [-0.39, 0.29) is 11.8 Å². The first-order valence-corrected chi connectivity index (χ1v) is 3.99. The van der Waals surface area contributed by atoms with Crippen molar-refractivity contribution in [2.24, 2.45) is 11.7 Å². The van der Waals surface area contributed by atoms with Crippen LogP contribution in [0.2, 0.25) is 0 Å². The summed E-state index contributed by atoms with van der Waals surface area (Å²) in [5.41, 5.74) is 5.34. The quantitative estimate of drug-likeness (QED) is 0.470. The normalized spacial score (nSPS) is 14.0.